The lowest BCUT2D eigenvalue weighted by atomic mass is 10.5. The summed E-state index contributed by atoms with van der Waals surface area (Å²) >= 11 is 0. The molecule has 0 radical (unpaired) electrons. The van der Waals surface area contributed by atoms with Crippen molar-refractivity contribution in [2.24, 2.45) is 17.2 Å². The highest BCUT2D eigenvalue weighted by Crippen LogP contribution is 1.86. The van der Waals surface area contributed by atoms with Gasteiger partial charge in [0.2, 0.25) is 0 Å². The molecule has 3 heterocycles. The summed E-state index contributed by atoms with van der Waals surface area (Å²) in [5, 5.41) is 0. The minimum atomic E-state index is -0.553. The van der Waals surface area contributed by atoms with Crippen molar-refractivity contribution in [1.82, 2.24) is 29.9 Å². The van der Waals surface area contributed by atoms with Gasteiger partial charge in [-0.25, -0.2) is 15.0 Å². The average molecular weight is 373 g/mol. The number of amides is 3. The van der Waals surface area contributed by atoms with Crippen LogP contribution >= 0.6 is 0 Å². The number of carbonyl (C=O) groups excluding carboxylic acids is 3. The third-order valence-electron chi connectivity index (χ3n) is 2.45. The molecular weight excluding hydrogens is 358 g/mol. The predicted octanol–water partition coefficient (Wildman–Crippen LogP) is -1.27. The summed E-state index contributed by atoms with van der Waals surface area (Å²) in [5.74, 6) is -1.66. The van der Waals surface area contributed by atoms with E-state index in [0.29, 0.717) is 0 Å². The summed E-state index contributed by atoms with van der Waals surface area (Å²) in [6.07, 6.45) is 12.7. The maximum Gasteiger partial charge on any atom is 0.268 e. The van der Waals surface area contributed by atoms with Crippen LogP contribution in [0, 0.1) is 0 Å². The number of rotatable bonds is 3. The van der Waals surface area contributed by atoms with E-state index < -0.39 is 17.7 Å². The Balaban J connectivity index is 0.000000202. The Morgan fingerprint density at radius 2 is 0.778 bits per heavy atom. The molecule has 3 aromatic heterocycles. The van der Waals surface area contributed by atoms with Crippen LogP contribution in [0.2, 0.25) is 0 Å². The molecule has 6 N–H and O–H groups in total. The van der Waals surface area contributed by atoms with Gasteiger partial charge in [0.25, 0.3) is 17.7 Å². The van der Waals surface area contributed by atoms with Crippen LogP contribution in [0.1, 0.15) is 31.5 Å². The maximum atomic E-state index is 10.3. The maximum absolute atomic E-state index is 10.3. The standard InChI is InChI=1S/3C5H5N3O/c3*6-5(9)4-3-7-1-2-8-4/h3*1-3H,(H2,6,9)/i5+1,6+1;6+1;5+1. The summed E-state index contributed by atoms with van der Waals surface area (Å²) in [6.45, 7) is 0. The molecule has 0 fully saturated rings. The van der Waals surface area contributed by atoms with Crippen molar-refractivity contribution in [3.8, 4) is 0 Å². The first-order valence-electron chi connectivity index (χ1n) is 7.09. The van der Waals surface area contributed by atoms with Crippen LogP contribution in [-0.2, 0) is 0 Å². The summed E-state index contributed by atoms with van der Waals surface area (Å²) in [4.78, 5) is 52.8. The summed E-state index contributed by atoms with van der Waals surface area (Å²) in [6, 6.07) is 0. The van der Waals surface area contributed by atoms with Gasteiger partial charge in [-0.1, -0.05) is 0 Å². The molecule has 0 spiro atoms. The number of primary amides is 3. The van der Waals surface area contributed by atoms with E-state index in [1.807, 2.05) is 0 Å². The van der Waals surface area contributed by atoms with Crippen LogP contribution in [0.15, 0.2) is 55.8 Å². The molecule has 12 nitrogen and oxygen atoms in total. The van der Waals surface area contributed by atoms with E-state index in [4.69, 9.17) is 17.2 Å². The number of hydrogen-bond acceptors (Lipinski definition) is 9. The molecule has 0 aliphatic rings. The minimum Gasteiger partial charge on any atom is -0.364 e. The van der Waals surface area contributed by atoms with Crippen molar-refractivity contribution in [2.45, 2.75) is 0 Å². The molecule has 3 amide bonds. The molecule has 3 aromatic rings. The van der Waals surface area contributed by atoms with E-state index >= 15 is 0 Å². The molecule has 0 aromatic carbocycles. The molecule has 27 heavy (non-hydrogen) atoms. The zero-order chi connectivity index (χ0) is 20.1. The summed E-state index contributed by atoms with van der Waals surface area (Å²) in [7, 11) is 0. The molecule has 0 bridgehead atoms. The first-order chi connectivity index (χ1) is 12.9. The molecule has 0 aliphatic carbocycles. The monoisotopic (exact) mass is 373 g/mol. The number of nitrogens with zero attached hydrogens (tertiary/aromatic N) is 6. The van der Waals surface area contributed by atoms with Gasteiger partial charge in [-0.15, -0.1) is 0 Å². The number of carbonyl (C=O) groups is 3. The molecule has 0 unspecified atom stereocenters. The fourth-order valence-electron chi connectivity index (χ4n) is 1.28. The first kappa shape index (κ1) is 20.7. The average Bonchev–Trinajstić information content (AvgIpc) is 2.71. The van der Waals surface area contributed by atoms with Gasteiger partial charge in [0, 0.05) is 37.2 Å². The predicted molar refractivity (Wildman–Crippen MR) is 91.6 cm³/mol. The van der Waals surface area contributed by atoms with Gasteiger partial charge in [-0.05, 0) is 0 Å². The third kappa shape index (κ3) is 8.35. The Labute approximate surface area is 152 Å². The van der Waals surface area contributed by atoms with Gasteiger partial charge in [-0.3, -0.25) is 29.3 Å². The van der Waals surface area contributed by atoms with Gasteiger partial charge >= 0.3 is 0 Å². The highest BCUT2D eigenvalue weighted by Gasteiger charge is 1.98. The molecule has 0 aliphatic heterocycles. The largest absolute Gasteiger partial charge is 0.364 e. The highest BCUT2D eigenvalue weighted by molar-refractivity contribution is 5.91. The van der Waals surface area contributed by atoms with Crippen LogP contribution in [0.5, 0.6) is 0 Å². The van der Waals surface area contributed by atoms with Crippen molar-refractivity contribution in [1.29, 1.82) is 0 Å². The fourth-order valence-corrected chi connectivity index (χ4v) is 1.28. The lowest BCUT2D eigenvalue weighted by molar-refractivity contribution is 0.0987. The Bertz CT molecular complexity index is 744. The van der Waals surface area contributed by atoms with E-state index in [0.717, 1.165) is 0 Å². The highest BCUT2D eigenvalue weighted by atomic mass is 16.2. The van der Waals surface area contributed by atoms with Gasteiger partial charge in [0.05, 0.1) is 18.6 Å². The second-order valence-electron chi connectivity index (χ2n) is 4.36. The van der Waals surface area contributed by atoms with Crippen molar-refractivity contribution in [3.05, 3.63) is 72.9 Å². The van der Waals surface area contributed by atoms with Crippen LogP contribution < -0.4 is 17.2 Å². The zero-order valence-electron chi connectivity index (χ0n) is 13.8. The first-order valence-corrected chi connectivity index (χ1v) is 7.09. The zero-order valence-corrected chi connectivity index (χ0v) is 13.8. The van der Waals surface area contributed by atoms with E-state index in [2.05, 4.69) is 29.9 Å². The minimum absolute atomic E-state index is 0.192. The fraction of sp³-hybridized carbons (Fsp3) is 0. The van der Waals surface area contributed by atoms with Crippen LogP contribution in [0.3, 0.4) is 0 Å². The topological polar surface area (TPSA) is 207 Å². The van der Waals surface area contributed by atoms with Crippen LogP contribution in [0.25, 0.3) is 0 Å². The molecule has 12 heteroatoms. The van der Waals surface area contributed by atoms with Crippen LogP contribution in [-0.4, -0.2) is 47.6 Å². The molecule has 3 rings (SSSR count). The molecule has 0 atom stereocenters. The second-order valence-corrected chi connectivity index (χ2v) is 4.36. The second kappa shape index (κ2) is 11.2. The van der Waals surface area contributed by atoms with Crippen LogP contribution in [0.4, 0.5) is 0 Å². The number of hydrogen-bond donors (Lipinski definition) is 3. The lowest BCUT2D eigenvalue weighted by Crippen LogP contribution is -2.12. The smallest absolute Gasteiger partial charge is 0.268 e. The van der Waals surface area contributed by atoms with E-state index in [1.54, 1.807) is 0 Å². The van der Waals surface area contributed by atoms with E-state index in [-0.39, 0.29) is 17.1 Å². The quantitative estimate of drug-likeness (QED) is 0.368. The molecular formula is C15H15N9O3. The summed E-state index contributed by atoms with van der Waals surface area (Å²) in [5.41, 5.74) is 15.2. The van der Waals surface area contributed by atoms with Crippen molar-refractivity contribution in [2.75, 3.05) is 0 Å². The van der Waals surface area contributed by atoms with Gasteiger partial charge in [-0.2, -0.15) is 0 Å². The Morgan fingerprint density at radius 3 is 0.889 bits per heavy atom. The van der Waals surface area contributed by atoms with Gasteiger partial charge in [0.1, 0.15) is 17.1 Å². The summed E-state index contributed by atoms with van der Waals surface area (Å²) < 4.78 is 0. The van der Waals surface area contributed by atoms with Gasteiger partial charge in [0.15, 0.2) is 0 Å². The Kier molecular flexibility index (Phi) is 8.62. The van der Waals surface area contributed by atoms with Crippen molar-refractivity contribution in [3.63, 3.8) is 0 Å². The Hall–Kier alpha value is -4.35. The van der Waals surface area contributed by atoms with E-state index in [9.17, 15) is 14.4 Å². The SMILES string of the molecule is N[13C](=O)c1cnccn1.[15NH2]C(=O)c1cnccn1.[15NH2][13C](=O)c1cnccn1. The Morgan fingerprint density at radius 1 is 0.519 bits per heavy atom. The van der Waals surface area contributed by atoms with Gasteiger partial charge < -0.3 is 17.2 Å². The van der Waals surface area contributed by atoms with Crippen molar-refractivity contribution < 1.29 is 14.4 Å². The number of aromatic nitrogens is 6. The molecule has 0 saturated heterocycles. The number of nitrogens with two attached hydrogens (primary N) is 3. The lowest BCUT2D eigenvalue weighted by Gasteiger charge is -1.87. The molecule has 0 saturated carbocycles. The van der Waals surface area contributed by atoms with E-state index in [1.165, 1.54) is 55.8 Å². The third-order valence-corrected chi connectivity index (χ3v) is 2.45. The normalized spacial score (nSPS) is 8.89. The van der Waals surface area contributed by atoms with Crippen molar-refractivity contribution >= 4 is 17.7 Å². The molecule has 138 valence electrons.